The van der Waals surface area contributed by atoms with Crippen LogP contribution in [-0.2, 0) is 0 Å². The minimum Gasteiger partial charge on any atom is -0.507 e. The summed E-state index contributed by atoms with van der Waals surface area (Å²) in [5, 5.41) is 17.4. The van der Waals surface area contributed by atoms with Crippen molar-refractivity contribution in [3.05, 3.63) is 46.1 Å². The van der Waals surface area contributed by atoms with Gasteiger partial charge in [-0.2, -0.15) is 5.10 Å². The fraction of sp³-hybridized carbons (Fsp3) is 0.429. The Bertz CT molecular complexity index is 1270. The number of phenolic OH excluding ortho intramolecular Hbond substituents is 1. The van der Waals surface area contributed by atoms with Crippen LogP contribution in [0.1, 0.15) is 51.0 Å². The predicted octanol–water partition coefficient (Wildman–Crippen LogP) is 5.85. The van der Waals surface area contributed by atoms with E-state index in [1.165, 1.54) is 30.6 Å². The molecule has 0 bridgehead atoms. The van der Waals surface area contributed by atoms with Gasteiger partial charge in [-0.1, -0.05) is 26.2 Å². The van der Waals surface area contributed by atoms with Gasteiger partial charge >= 0.3 is 0 Å². The van der Waals surface area contributed by atoms with Crippen LogP contribution in [0.3, 0.4) is 0 Å². The lowest BCUT2D eigenvalue weighted by Crippen LogP contribution is -2.19. The second-order valence-electron chi connectivity index (χ2n) is 8.86. The number of methoxy groups -OCH3 is 3. The van der Waals surface area contributed by atoms with Gasteiger partial charge in [-0.3, -0.25) is 4.99 Å². The average Bonchev–Trinajstić information content (AvgIpc) is 3.33. The van der Waals surface area contributed by atoms with Crippen LogP contribution in [0.25, 0.3) is 11.3 Å². The van der Waals surface area contributed by atoms with Gasteiger partial charge in [0, 0.05) is 22.6 Å². The van der Waals surface area contributed by atoms with Crippen molar-refractivity contribution in [1.82, 2.24) is 4.68 Å². The van der Waals surface area contributed by atoms with E-state index < -0.39 is 0 Å². The van der Waals surface area contributed by atoms with E-state index in [1.807, 2.05) is 35.2 Å². The molecule has 2 aromatic carbocycles. The van der Waals surface area contributed by atoms with Crippen molar-refractivity contribution >= 4 is 17.6 Å². The molecule has 4 rings (SSSR count). The molecule has 0 unspecified atom stereocenters. The summed E-state index contributed by atoms with van der Waals surface area (Å²) in [6.45, 7) is 2.64. The summed E-state index contributed by atoms with van der Waals surface area (Å²) in [6.07, 6.45) is 8.37. The fourth-order valence-electron chi connectivity index (χ4n) is 4.36. The van der Waals surface area contributed by atoms with Gasteiger partial charge in [-0.25, -0.2) is 4.68 Å². The van der Waals surface area contributed by atoms with E-state index >= 15 is 0 Å². The Labute approximate surface area is 221 Å². The van der Waals surface area contributed by atoms with Crippen molar-refractivity contribution < 1.29 is 24.1 Å². The quantitative estimate of drug-likeness (QED) is 0.336. The molecule has 0 saturated heterocycles. The number of aromatic nitrogens is 1. The van der Waals surface area contributed by atoms with Gasteiger partial charge in [0.2, 0.25) is 10.6 Å². The highest BCUT2D eigenvalue weighted by molar-refractivity contribution is 7.07. The second-order valence-corrected chi connectivity index (χ2v) is 9.70. The summed E-state index contributed by atoms with van der Waals surface area (Å²) in [5.41, 5.74) is 2.26. The van der Waals surface area contributed by atoms with E-state index in [0.717, 1.165) is 35.3 Å². The SMILES string of the molecule is CCCOc1ccc(C=Nn2c(-c3cc(OC)c(OC)c(OC)c3)csc2=NC2CCCCC2)c(O)c1. The molecule has 1 fully saturated rings. The van der Waals surface area contributed by atoms with Crippen molar-refractivity contribution in [2.24, 2.45) is 10.1 Å². The Morgan fingerprint density at radius 3 is 2.38 bits per heavy atom. The van der Waals surface area contributed by atoms with Gasteiger partial charge in [0.1, 0.15) is 11.5 Å². The molecular weight excluding hydrogens is 490 g/mol. The van der Waals surface area contributed by atoms with E-state index in [0.29, 0.717) is 35.2 Å². The van der Waals surface area contributed by atoms with Crippen LogP contribution in [-0.4, -0.2) is 50.0 Å². The Kier molecular flexibility index (Phi) is 9.11. The molecule has 1 heterocycles. The van der Waals surface area contributed by atoms with Crippen molar-refractivity contribution in [2.75, 3.05) is 27.9 Å². The van der Waals surface area contributed by atoms with Crippen LogP contribution in [0.5, 0.6) is 28.7 Å². The summed E-state index contributed by atoms with van der Waals surface area (Å²) in [6, 6.07) is 9.33. The second kappa shape index (κ2) is 12.7. The summed E-state index contributed by atoms with van der Waals surface area (Å²) in [7, 11) is 4.78. The molecule has 3 aromatic rings. The third-order valence-electron chi connectivity index (χ3n) is 6.30. The maximum atomic E-state index is 10.6. The number of ether oxygens (including phenoxy) is 4. The normalized spacial score (nSPS) is 14.8. The third-order valence-corrected chi connectivity index (χ3v) is 7.13. The first kappa shape index (κ1) is 26.6. The van der Waals surface area contributed by atoms with Gasteiger partial charge in [-0.05, 0) is 43.5 Å². The highest BCUT2D eigenvalue weighted by Crippen LogP contribution is 2.41. The highest BCUT2D eigenvalue weighted by Gasteiger charge is 2.18. The first-order valence-electron chi connectivity index (χ1n) is 12.6. The number of benzene rings is 2. The summed E-state index contributed by atoms with van der Waals surface area (Å²) < 4.78 is 24.1. The predicted molar refractivity (Wildman–Crippen MR) is 147 cm³/mol. The molecule has 0 atom stereocenters. The van der Waals surface area contributed by atoms with Crippen molar-refractivity contribution in [3.63, 3.8) is 0 Å². The molecule has 0 spiro atoms. The molecule has 1 N–H and O–H groups in total. The summed E-state index contributed by atoms with van der Waals surface area (Å²) in [5.74, 6) is 2.38. The minimum absolute atomic E-state index is 0.105. The zero-order valence-corrected chi connectivity index (χ0v) is 22.7. The lowest BCUT2D eigenvalue weighted by atomic mass is 9.96. The smallest absolute Gasteiger partial charge is 0.206 e. The maximum Gasteiger partial charge on any atom is 0.206 e. The molecular formula is C28H35N3O5S. The molecule has 1 aliphatic rings. The number of phenols is 1. The Hall–Kier alpha value is -3.46. The molecule has 1 aliphatic carbocycles. The number of hydrogen-bond acceptors (Lipinski definition) is 8. The topological polar surface area (TPSA) is 86.8 Å². The monoisotopic (exact) mass is 525 g/mol. The Morgan fingerprint density at radius 1 is 1.03 bits per heavy atom. The van der Waals surface area contributed by atoms with Crippen LogP contribution in [0.2, 0.25) is 0 Å². The first-order chi connectivity index (χ1) is 18.1. The number of rotatable bonds is 10. The number of hydrogen-bond donors (Lipinski definition) is 1. The van der Waals surface area contributed by atoms with E-state index in [2.05, 4.69) is 0 Å². The summed E-state index contributed by atoms with van der Waals surface area (Å²) in [4.78, 5) is 5.86. The van der Waals surface area contributed by atoms with Gasteiger partial charge in [0.15, 0.2) is 11.5 Å². The number of aromatic hydroxyl groups is 1. The maximum absolute atomic E-state index is 10.6. The van der Waals surface area contributed by atoms with Crippen LogP contribution in [0.4, 0.5) is 0 Å². The molecule has 1 saturated carbocycles. The third kappa shape index (κ3) is 6.28. The molecule has 37 heavy (non-hydrogen) atoms. The number of nitrogens with zero attached hydrogens (tertiary/aromatic N) is 3. The summed E-state index contributed by atoms with van der Waals surface area (Å²) >= 11 is 1.54. The molecule has 1 aromatic heterocycles. The molecule has 8 nitrogen and oxygen atoms in total. The van der Waals surface area contributed by atoms with E-state index in [4.69, 9.17) is 29.0 Å². The van der Waals surface area contributed by atoms with Crippen LogP contribution in [0, 0.1) is 0 Å². The lowest BCUT2D eigenvalue weighted by Gasteiger charge is -2.17. The fourth-order valence-corrected chi connectivity index (χ4v) is 5.26. The molecule has 0 radical (unpaired) electrons. The number of thiazole rings is 1. The first-order valence-corrected chi connectivity index (χ1v) is 13.5. The van der Waals surface area contributed by atoms with Gasteiger partial charge in [-0.15, -0.1) is 11.3 Å². The zero-order valence-electron chi connectivity index (χ0n) is 21.9. The van der Waals surface area contributed by atoms with Gasteiger partial charge < -0.3 is 24.1 Å². The zero-order chi connectivity index (χ0) is 26.2. The molecule has 9 heteroatoms. The van der Waals surface area contributed by atoms with Gasteiger partial charge in [0.25, 0.3) is 0 Å². The van der Waals surface area contributed by atoms with Crippen LogP contribution in [0.15, 0.2) is 45.8 Å². The van der Waals surface area contributed by atoms with Crippen molar-refractivity contribution in [2.45, 2.75) is 51.5 Å². The Balaban J connectivity index is 1.79. The molecule has 198 valence electrons. The average molecular weight is 526 g/mol. The molecule has 0 amide bonds. The van der Waals surface area contributed by atoms with E-state index in [9.17, 15) is 5.11 Å². The highest BCUT2D eigenvalue weighted by atomic mass is 32.1. The van der Waals surface area contributed by atoms with E-state index in [1.54, 1.807) is 39.7 Å². The van der Waals surface area contributed by atoms with Crippen LogP contribution < -0.4 is 23.7 Å². The minimum atomic E-state index is 0.105. The Morgan fingerprint density at radius 2 is 1.76 bits per heavy atom. The standard InChI is InChI=1S/C28H35N3O5S/c1-5-13-36-22-12-11-19(24(32)16-22)17-29-31-23(18-37-28(31)30-21-9-7-6-8-10-21)20-14-25(33-2)27(35-4)26(15-20)34-3/h11-12,14-18,21,32H,5-10,13H2,1-4H3. The largest absolute Gasteiger partial charge is 0.507 e. The van der Waals surface area contributed by atoms with Gasteiger partial charge in [0.05, 0.1) is 45.9 Å². The van der Waals surface area contributed by atoms with Crippen molar-refractivity contribution in [3.8, 4) is 40.0 Å². The lowest BCUT2D eigenvalue weighted by molar-refractivity contribution is 0.315. The molecule has 0 aliphatic heterocycles. The van der Waals surface area contributed by atoms with E-state index in [-0.39, 0.29) is 11.8 Å². The van der Waals surface area contributed by atoms with Crippen LogP contribution >= 0.6 is 11.3 Å². The van der Waals surface area contributed by atoms with Crippen molar-refractivity contribution in [1.29, 1.82) is 0 Å².